The Morgan fingerprint density at radius 3 is 2.79 bits per heavy atom. The molecule has 0 bridgehead atoms. The first kappa shape index (κ1) is 18.7. The summed E-state index contributed by atoms with van der Waals surface area (Å²) in [5, 5.41) is 7.44. The Bertz CT molecular complexity index is 1110. The van der Waals surface area contributed by atoms with Crippen molar-refractivity contribution in [2.24, 2.45) is 0 Å². The molecule has 1 atom stereocenters. The second-order valence-electron chi connectivity index (χ2n) is 6.63. The van der Waals surface area contributed by atoms with Crippen molar-refractivity contribution in [1.82, 2.24) is 19.9 Å². The molecule has 0 aliphatic carbocycles. The lowest BCUT2D eigenvalue weighted by Crippen LogP contribution is -2.32. The minimum Gasteiger partial charge on any atom is -0.349 e. The number of benzene rings is 1. The number of thiophene rings is 1. The monoisotopic (exact) mass is 410 g/mol. The van der Waals surface area contributed by atoms with Crippen LogP contribution in [0.25, 0.3) is 16.2 Å². The van der Waals surface area contributed by atoms with Gasteiger partial charge in [0.1, 0.15) is 5.56 Å². The van der Waals surface area contributed by atoms with Crippen molar-refractivity contribution in [2.75, 3.05) is 0 Å². The van der Waals surface area contributed by atoms with Gasteiger partial charge in [-0.2, -0.15) is 5.10 Å². The van der Waals surface area contributed by atoms with Crippen LogP contribution in [0.5, 0.6) is 0 Å². The van der Waals surface area contributed by atoms with E-state index in [-0.39, 0.29) is 11.9 Å². The van der Waals surface area contributed by atoms with Crippen LogP contribution in [0.4, 0.5) is 0 Å². The molecule has 0 fully saturated rings. The predicted molar refractivity (Wildman–Crippen MR) is 113 cm³/mol. The number of rotatable bonds is 6. The van der Waals surface area contributed by atoms with E-state index in [0.29, 0.717) is 15.5 Å². The quantitative estimate of drug-likeness (QED) is 0.493. The number of fused-ring (bicyclic) bond motifs is 1. The molecule has 1 amide bonds. The van der Waals surface area contributed by atoms with Gasteiger partial charge in [0.25, 0.3) is 5.91 Å². The molecule has 3 aromatic heterocycles. The molecule has 142 valence electrons. The largest absolute Gasteiger partial charge is 0.349 e. The Kier molecular flexibility index (Phi) is 5.41. The lowest BCUT2D eigenvalue weighted by molar-refractivity contribution is 0.0940. The number of hydrogen-bond acceptors (Lipinski definition) is 4. The maximum atomic E-state index is 12.8. The molecule has 0 saturated heterocycles. The summed E-state index contributed by atoms with van der Waals surface area (Å²) in [7, 11) is 0. The molecule has 1 unspecified atom stereocenters. The van der Waals surface area contributed by atoms with E-state index in [1.54, 1.807) is 16.9 Å². The fraction of sp³-hybridized carbons (Fsp3) is 0.190. The first-order valence-corrected chi connectivity index (χ1v) is 10.2. The van der Waals surface area contributed by atoms with E-state index in [0.717, 1.165) is 23.4 Å². The molecule has 0 aliphatic heterocycles. The highest BCUT2D eigenvalue weighted by Gasteiger charge is 2.18. The molecular weight excluding hydrogens is 392 g/mol. The Balaban J connectivity index is 1.50. The lowest BCUT2D eigenvalue weighted by atomic mass is 10.1. The number of carbonyl (C=O) groups excluding carboxylic acids is 1. The molecule has 0 saturated carbocycles. The van der Waals surface area contributed by atoms with E-state index >= 15 is 0 Å². The summed E-state index contributed by atoms with van der Waals surface area (Å²) in [6.07, 6.45) is 5.04. The maximum Gasteiger partial charge on any atom is 0.256 e. The average molecular weight is 411 g/mol. The van der Waals surface area contributed by atoms with Gasteiger partial charge in [-0.25, -0.2) is 9.50 Å². The van der Waals surface area contributed by atoms with Crippen LogP contribution in [0.2, 0.25) is 4.34 Å². The minimum absolute atomic E-state index is 0.0435. The maximum absolute atomic E-state index is 12.8. The number of nitrogens with one attached hydrogen (secondary N) is 1. The van der Waals surface area contributed by atoms with Crippen molar-refractivity contribution in [3.8, 4) is 10.6 Å². The molecule has 1 N–H and O–H groups in total. The molecule has 5 nitrogen and oxygen atoms in total. The van der Waals surface area contributed by atoms with E-state index in [9.17, 15) is 4.79 Å². The number of halogens is 1. The highest BCUT2D eigenvalue weighted by molar-refractivity contribution is 7.19. The van der Waals surface area contributed by atoms with E-state index in [1.807, 2.05) is 43.3 Å². The molecule has 1 aromatic carbocycles. The highest BCUT2D eigenvalue weighted by atomic mass is 35.5. The van der Waals surface area contributed by atoms with Crippen molar-refractivity contribution < 1.29 is 4.79 Å². The summed E-state index contributed by atoms with van der Waals surface area (Å²) in [4.78, 5) is 18.1. The van der Waals surface area contributed by atoms with E-state index in [2.05, 4.69) is 27.5 Å². The van der Waals surface area contributed by atoms with Crippen molar-refractivity contribution >= 4 is 34.5 Å². The summed E-state index contributed by atoms with van der Waals surface area (Å²) in [6, 6.07) is 16.0. The number of hydrogen-bond donors (Lipinski definition) is 1. The zero-order valence-electron chi connectivity index (χ0n) is 15.3. The summed E-state index contributed by atoms with van der Waals surface area (Å²) in [5.74, 6) is -0.163. The number of amides is 1. The first-order valence-electron chi connectivity index (χ1n) is 9.05. The number of nitrogens with zero attached hydrogens (tertiary/aromatic N) is 3. The van der Waals surface area contributed by atoms with Gasteiger partial charge in [0.15, 0.2) is 5.65 Å². The van der Waals surface area contributed by atoms with Crippen LogP contribution in [0.3, 0.4) is 0 Å². The molecule has 28 heavy (non-hydrogen) atoms. The second kappa shape index (κ2) is 8.12. The third-order valence-corrected chi connectivity index (χ3v) is 5.81. The van der Waals surface area contributed by atoms with Gasteiger partial charge in [-0.3, -0.25) is 4.79 Å². The van der Waals surface area contributed by atoms with Crippen molar-refractivity contribution in [3.63, 3.8) is 0 Å². The number of aryl methyl sites for hydroxylation is 1. The minimum atomic E-state index is -0.163. The van der Waals surface area contributed by atoms with Crippen molar-refractivity contribution in [1.29, 1.82) is 0 Å². The molecule has 3 heterocycles. The van der Waals surface area contributed by atoms with Gasteiger partial charge in [0, 0.05) is 12.2 Å². The number of carbonyl (C=O) groups is 1. The van der Waals surface area contributed by atoms with E-state index in [4.69, 9.17) is 11.6 Å². The van der Waals surface area contributed by atoms with Gasteiger partial charge < -0.3 is 5.32 Å². The lowest BCUT2D eigenvalue weighted by Gasteiger charge is -2.13. The third-order valence-electron chi connectivity index (χ3n) is 4.56. The topological polar surface area (TPSA) is 59.3 Å². The van der Waals surface area contributed by atoms with Crippen molar-refractivity contribution in [2.45, 2.75) is 25.8 Å². The van der Waals surface area contributed by atoms with Crippen LogP contribution in [0.15, 0.2) is 60.9 Å². The summed E-state index contributed by atoms with van der Waals surface area (Å²) in [5.41, 5.74) is 3.13. The first-order chi connectivity index (χ1) is 13.6. The molecule has 7 heteroatoms. The van der Waals surface area contributed by atoms with Crippen LogP contribution < -0.4 is 5.32 Å². The van der Waals surface area contributed by atoms with E-state index < -0.39 is 0 Å². The van der Waals surface area contributed by atoms with Crippen LogP contribution in [0.1, 0.15) is 29.3 Å². The molecule has 0 spiro atoms. The Morgan fingerprint density at radius 1 is 1.21 bits per heavy atom. The molecular formula is C21H19ClN4OS. The average Bonchev–Trinajstić information content (AvgIpc) is 3.33. The smallest absolute Gasteiger partial charge is 0.256 e. The Morgan fingerprint density at radius 2 is 2.04 bits per heavy atom. The fourth-order valence-electron chi connectivity index (χ4n) is 3.09. The summed E-state index contributed by atoms with van der Waals surface area (Å²) >= 11 is 7.52. The van der Waals surface area contributed by atoms with Crippen LogP contribution in [0, 0.1) is 0 Å². The van der Waals surface area contributed by atoms with Gasteiger partial charge in [-0.1, -0.05) is 41.9 Å². The predicted octanol–water partition coefficient (Wildman–Crippen LogP) is 4.86. The summed E-state index contributed by atoms with van der Waals surface area (Å²) in [6.45, 7) is 2.01. The van der Waals surface area contributed by atoms with Gasteiger partial charge in [0.2, 0.25) is 0 Å². The molecule has 0 aliphatic rings. The molecule has 4 rings (SSSR count). The fourth-order valence-corrected chi connectivity index (χ4v) is 4.15. The van der Waals surface area contributed by atoms with Crippen molar-refractivity contribution in [3.05, 3.63) is 76.4 Å². The van der Waals surface area contributed by atoms with Gasteiger partial charge >= 0.3 is 0 Å². The Labute approximate surface area is 172 Å². The SMILES string of the molecule is CC(CCc1ccccc1)NC(=O)c1cnn2c(-c3ccc(Cl)s3)ccnc12. The zero-order chi connectivity index (χ0) is 19.5. The van der Waals surface area contributed by atoms with Crippen LogP contribution in [-0.4, -0.2) is 26.5 Å². The normalized spacial score (nSPS) is 12.2. The molecule has 4 aromatic rings. The highest BCUT2D eigenvalue weighted by Crippen LogP contribution is 2.31. The second-order valence-corrected chi connectivity index (χ2v) is 8.34. The standard InChI is InChI=1S/C21H19ClN4OS/c1-14(7-8-15-5-3-2-4-6-15)25-21(27)16-13-24-26-17(11-12-23-20(16)26)18-9-10-19(22)28-18/h2-6,9-14H,7-8H2,1H3,(H,25,27). The van der Waals surface area contributed by atoms with Gasteiger partial charge in [-0.15, -0.1) is 11.3 Å². The molecule has 0 radical (unpaired) electrons. The third kappa shape index (κ3) is 3.93. The van der Waals surface area contributed by atoms with Gasteiger partial charge in [-0.05, 0) is 43.5 Å². The van der Waals surface area contributed by atoms with Crippen LogP contribution in [-0.2, 0) is 6.42 Å². The van der Waals surface area contributed by atoms with Gasteiger partial charge in [0.05, 0.1) is 21.1 Å². The van der Waals surface area contributed by atoms with Crippen LogP contribution >= 0.6 is 22.9 Å². The summed E-state index contributed by atoms with van der Waals surface area (Å²) < 4.78 is 2.39. The Hall–Kier alpha value is -2.70. The number of aromatic nitrogens is 3. The zero-order valence-corrected chi connectivity index (χ0v) is 16.9. The van der Waals surface area contributed by atoms with E-state index in [1.165, 1.54) is 16.9 Å².